The van der Waals surface area contributed by atoms with E-state index in [4.69, 9.17) is 12.2 Å². The van der Waals surface area contributed by atoms with Crippen LogP contribution in [0.5, 0.6) is 0 Å². The fourth-order valence-corrected chi connectivity index (χ4v) is 7.64. The molecule has 3 atom stereocenters. The van der Waals surface area contributed by atoms with Crippen LogP contribution in [0.2, 0.25) is 0 Å². The van der Waals surface area contributed by atoms with Gasteiger partial charge in [-0.2, -0.15) is 0 Å². The zero-order valence-electron chi connectivity index (χ0n) is 13.7. The first kappa shape index (κ1) is 14.1. The maximum absolute atomic E-state index is 5.64. The highest BCUT2D eigenvalue weighted by Crippen LogP contribution is 2.59. The van der Waals surface area contributed by atoms with E-state index in [1.54, 1.807) is 0 Å². The van der Waals surface area contributed by atoms with Gasteiger partial charge in [0.25, 0.3) is 0 Å². The van der Waals surface area contributed by atoms with Gasteiger partial charge in [0.2, 0.25) is 0 Å². The van der Waals surface area contributed by atoms with Crippen LogP contribution < -0.4 is 10.6 Å². The third-order valence-corrected chi connectivity index (χ3v) is 8.11. The number of thiocarbonyl (C=S) groups is 1. The highest BCUT2D eigenvalue weighted by atomic mass is 32.1. The van der Waals surface area contributed by atoms with E-state index in [0.29, 0.717) is 11.5 Å². The fourth-order valence-electron chi connectivity index (χ4n) is 7.42. The first-order valence-corrected chi connectivity index (χ1v) is 10.1. The minimum atomic E-state index is 0.592. The second-order valence-corrected chi connectivity index (χ2v) is 9.93. The molecule has 0 amide bonds. The van der Waals surface area contributed by atoms with Crippen LogP contribution in [0.3, 0.4) is 0 Å². The molecule has 22 heavy (non-hydrogen) atoms. The molecule has 6 bridgehead atoms. The molecule has 0 radical (unpaired) electrons. The summed E-state index contributed by atoms with van der Waals surface area (Å²) < 4.78 is 0. The fraction of sp³-hybridized carbons (Fsp3) is 0.947. The summed E-state index contributed by atoms with van der Waals surface area (Å²) in [5, 5.41) is 8.26. The molecule has 6 saturated carbocycles. The molecule has 0 aromatic rings. The zero-order valence-corrected chi connectivity index (χ0v) is 14.5. The van der Waals surface area contributed by atoms with Crippen molar-refractivity contribution < 1.29 is 0 Å². The van der Waals surface area contributed by atoms with E-state index in [0.717, 1.165) is 41.2 Å². The van der Waals surface area contributed by atoms with Gasteiger partial charge in [0.05, 0.1) is 0 Å². The van der Waals surface area contributed by atoms with Crippen molar-refractivity contribution in [2.75, 3.05) is 6.54 Å². The largest absolute Gasteiger partial charge is 0.362 e. The van der Waals surface area contributed by atoms with Crippen LogP contribution in [0.1, 0.15) is 64.2 Å². The van der Waals surface area contributed by atoms with Gasteiger partial charge in [0, 0.05) is 12.6 Å². The van der Waals surface area contributed by atoms with Gasteiger partial charge in [-0.3, -0.25) is 0 Å². The molecule has 0 aliphatic heterocycles. The third kappa shape index (κ3) is 2.39. The third-order valence-electron chi connectivity index (χ3n) is 7.84. The summed E-state index contributed by atoms with van der Waals surface area (Å²) in [5.74, 6) is 5.03. The maximum Gasteiger partial charge on any atom is 0.166 e. The SMILES string of the molecule is S=C(NCC12CC3CC(CC(C3)C1)C2)N[C@H]1C[C@@H]2CC[C@H]1C2. The number of hydrogen-bond acceptors (Lipinski definition) is 1. The van der Waals surface area contributed by atoms with Gasteiger partial charge in [-0.1, -0.05) is 6.42 Å². The lowest BCUT2D eigenvalue weighted by molar-refractivity contribution is -0.0491. The molecular formula is C19H30N2S. The van der Waals surface area contributed by atoms with Gasteiger partial charge >= 0.3 is 0 Å². The van der Waals surface area contributed by atoms with E-state index in [9.17, 15) is 0 Å². The summed E-state index contributed by atoms with van der Waals surface area (Å²) in [4.78, 5) is 0. The van der Waals surface area contributed by atoms with Crippen LogP contribution in [-0.4, -0.2) is 17.7 Å². The molecule has 0 spiro atoms. The van der Waals surface area contributed by atoms with Crippen LogP contribution in [0, 0.1) is 35.0 Å². The highest BCUT2D eigenvalue weighted by Gasteiger charge is 2.50. The van der Waals surface area contributed by atoms with Gasteiger partial charge < -0.3 is 10.6 Å². The summed E-state index contributed by atoms with van der Waals surface area (Å²) in [6.07, 6.45) is 14.7. The molecule has 122 valence electrons. The molecule has 2 nitrogen and oxygen atoms in total. The predicted molar refractivity (Wildman–Crippen MR) is 93.6 cm³/mol. The lowest BCUT2D eigenvalue weighted by Crippen LogP contribution is -2.53. The number of rotatable bonds is 3. The Morgan fingerprint density at radius 1 is 0.864 bits per heavy atom. The van der Waals surface area contributed by atoms with E-state index in [1.807, 2.05) is 0 Å². The van der Waals surface area contributed by atoms with Gasteiger partial charge in [-0.05, 0) is 105 Å². The number of nitrogens with one attached hydrogen (secondary N) is 2. The maximum atomic E-state index is 5.64. The Morgan fingerprint density at radius 2 is 1.55 bits per heavy atom. The molecule has 0 unspecified atom stereocenters. The Morgan fingerprint density at radius 3 is 2.09 bits per heavy atom. The first-order valence-electron chi connectivity index (χ1n) is 9.72. The second kappa shape index (κ2) is 5.09. The van der Waals surface area contributed by atoms with Gasteiger partial charge in [0.15, 0.2) is 5.11 Å². The quantitative estimate of drug-likeness (QED) is 0.773. The standard InChI is InChI=1S/C19H30N2S/c22-18(21-17-7-12-1-2-16(17)6-12)20-11-19-8-13-3-14(9-19)5-15(4-13)10-19/h12-17H,1-11H2,(H2,20,21,22)/t12-,13?,14?,15?,16+,17+,19?/m1/s1. The van der Waals surface area contributed by atoms with Crippen molar-refractivity contribution >= 4 is 17.3 Å². The molecule has 0 aromatic heterocycles. The normalized spacial score (nSPS) is 51.3. The van der Waals surface area contributed by atoms with E-state index >= 15 is 0 Å². The molecule has 2 N–H and O–H groups in total. The van der Waals surface area contributed by atoms with Crippen molar-refractivity contribution in [3.63, 3.8) is 0 Å². The molecule has 6 aliphatic rings. The molecule has 6 fully saturated rings. The lowest BCUT2D eigenvalue weighted by Gasteiger charge is -2.57. The molecule has 6 aliphatic carbocycles. The van der Waals surface area contributed by atoms with Crippen LogP contribution in [-0.2, 0) is 0 Å². The van der Waals surface area contributed by atoms with Crippen molar-refractivity contribution in [1.82, 2.24) is 10.6 Å². The molecule has 0 aromatic carbocycles. The predicted octanol–water partition coefficient (Wildman–Crippen LogP) is 3.86. The smallest absolute Gasteiger partial charge is 0.166 e. The first-order chi connectivity index (χ1) is 10.7. The van der Waals surface area contributed by atoms with Crippen molar-refractivity contribution in [2.24, 2.45) is 35.0 Å². The highest BCUT2D eigenvalue weighted by molar-refractivity contribution is 7.80. The zero-order chi connectivity index (χ0) is 14.7. The summed E-state index contributed by atoms with van der Waals surface area (Å²) in [5.41, 5.74) is 0.592. The summed E-state index contributed by atoms with van der Waals surface area (Å²) >= 11 is 5.64. The van der Waals surface area contributed by atoms with E-state index in [1.165, 1.54) is 64.2 Å². The summed E-state index contributed by atoms with van der Waals surface area (Å²) in [7, 11) is 0. The van der Waals surface area contributed by atoms with Crippen LogP contribution in [0.15, 0.2) is 0 Å². The molecule has 0 saturated heterocycles. The Labute approximate surface area is 140 Å². The van der Waals surface area contributed by atoms with E-state index < -0.39 is 0 Å². The average molecular weight is 319 g/mol. The minimum Gasteiger partial charge on any atom is -0.362 e. The van der Waals surface area contributed by atoms with E-state index in [-0.39, 0.29) is 0 Å². The lowest BCUT2D eigenvalue weighted by atomic mass is 9.49. The monoisotopic (exact) mass is 318 g/mol. The second-order valence-electron chi connectivity index (χ2n) is 9.53. The van der Waals surface area contributed by atoms with Crippen LogP contribution in [0.4, 0.5) is 0 Å². The van der Waals surface area contributed by atoms with Gasteiger partial charge in [-0.25, -0.2) is 0 Å². The van der Waals surface area contributed by atoms with Crippen LogP contribution >= 0.6 is 12.2 Å². The summed E-state index contributed by atoms with van der Waals surface area (Å²) in [6.45, 7) is 1.14. The molecule has 3 heteroatoms. The van der Waals surface area contributed by atoms with Crippen molar-refractivity contribution in [3.8, 4) is 0 Å². The Kier molecular flexibility index (Phi) is 3.26. The van der Waals surface area contributed by atoms with Crippen molar-refractivity contribution in [1.29, 1.82) is 0 Å². The van der Waals surface area contributed by atoms with Gasteiger partial charge in [0.1, 0.15) is 0 Å². The molecule has 0 heterocycles. The molecular weight excluding hydrogens is 288 g/mol. The molecule has 6 rings (SSSR count). The van der Waals surface area contributed by atoms with Gasteiger partial charge in [-0.15, -0.1) is 0 Å². The van der Waals surface area contributed by atoms with E-state index in [2.05, 4.69) is 10.6 Å². The van der Waals surface area contributed by atoms with Crippen molar-refractivity contribution in [3.05, 3.63) is 0 Å². The van der Waals surface area contributed by atoms with Crippen molar-refractivity contribution in [2.45, 2.75) is 70.3 Å². The minimum absolute atomic E-state index is 0.592. The Hall–Kier alpha value is -0.310. The van der Waals surface area contributed by atoms with Crippen LogP contribution in [0.25, 0.3) is 0 Å². The Balaban J connectivity index is 1.16. The Bertz CT molecular complexity index is 439. The number of hydrogen-bond donors (Lipinski definition) is 2. The number of fused-ring (bicyclic) bond motifs is 2. The topological polar surface area (TPSA) is 24.1 Å². The average Bonchev–Trinajstić information content (AvgIpc) is 3.06. The summed E-state index contributed by atoms with van der Waals surface area (Å²) in [6, 6.07) is 0.676.